The summed E-state index contributed by atoms with van der Waals surface area (Å²) in [7, 11) is 3.53. The number of aryl methyl sites for hydroxylation is 1. The Morgan fingerprint density at radius 1 is 0.650 bits per heavy atom. The van der Waals surface area contributed by atoms with Crippen LogP contribution in [0.1, 0.15) is 81.4 Å². The third-order valence-electron chi connectivity index (χ3n) is 15.1. The van der Waals surface area contributed by atoms with Crippen LogP contribution in [0, 0.1) is 0 Å². The number of hydrogen-bond donors (Lipinski definition) is 3. The molecular formula is C60H84N10O10. The first-order valence-electron chi connectivity index (χ1n) is 28.5. The summed E-state index contributed by atoms with van der Waals surface area (Å²) in [4.78, 5) is 85.8. The summed E-state index contributed by atoms with van der Waals surface area (Å²) in [6, 6.07) is 24.2. The molecule has 2 saturated heterocycles. The van der Waals surface area contributed by atoms with Crippen LogP contribution in [0.2, 0.25) is 0 Å². The van der Waals surface area contributed by atoms with Gasteiger partial charge in [-0.05, 0) is 92.8 Å². The van der Waals surface area contributed by atoms with Crippen molar-refractivity contribution in [3.8, 4) is 11.3 Å². The van der Waals surface area contributed by atoms with Gasteiger partial charge in [-0.25, -0.2) is 4.79 Å². The molecule has 3 aromatic carbocycles. The summed E-state index contributed by atoms with van der Waals surface area (Å²) < 4.78 is 22.3. The van der Waals surface area contributed by atoms with Gasteiger partial charge in [0.1, 0.15) is 0 Å². The number of fused-ring (bicyclic) bond motifs is 1. The molecule has 20 heteroatoms. The van der Waals surface area contributed by atoms with Crippen LogP contribution in [0.3, 0.4) is 0 Å². The van der Waals surface area contributed by atoms with E-state index in [1.54, 1.807) is 66.5 Å². The molecule has 20 nitrogen and oxygen atoms in total. The zero-order chi connectivity index (χ0) is 56.6. The molecule has 80 heavy (non-hydrogen) atoms. The number of urea groups is 1. The van der Waals surface area contributed by atoms with Gasteiger partial charge in [0.05, 0.1) is 83.3 Å². The Morgan fingerprint density at radius 2 is 1.31 bits per heavy atom. The number of aliphatic hydroxyl groups excluding tert-OH is 1. The van der Waals surface area contributed by atoms with Crippen molar-refractivity contribution in [3.05, 3.63) is 113 Å². The van der Waals surface area contributed by atoms with Gasteiger partial charge in [0.25, 0.3) is 17.7 Å². The van der Waals surface area contributed by atoms with E-state index in [1.807, 2.05) is 40.1 Å². The van der Waals surface area contributed by atoms with E-state index in [1.165, 1.54) is 5.56 Å². The van der Waals surface area contributed by atoms with Crippen molar-refractivity contribution in [3.63, 3.8) is 0 Å². The lowest BCUT2D eigenvalue weighted by Gasteiger charge is -2.37. The van der Waals surface area contributed by atoms with Crippen LogP contribution in [0.25, 0.3) is 11.3 Å². The van der Waals surface area contributed by atoms with Crippen LogP contribution in [0.15, 0.2) is 85.1 Å². The molecule has 0 bridgehead atoms. The summed E-state index contributed by atoms with van der Waals surface area (Å²) in [5.74, 6) is -0.693. The van der Waals surface area contributed by atoms with Crippen molar-refractivity contribution in [2.45, 2.75) is 45.6 Å². The quantitative estimate of drug-likeness (QED) is 0.0615. The number of ether oxygens (including phenoxy) is 4. The second-order valence-corrected chi connectivity index (χ2v) is 20.4. The number of piperazine rings is 2. The van der Waals surface area contributed by atoms with Gasteiger partial charge in [-0.3, -0.25) is 34.0 Å². The van der Waals surface area contributed by atoms with Gasteiger partial charge < -0.3 is 59.2 Å². The highest BCUT2D eigenvalue weighted by Gasteiger charge is 2.26. The lowest BCUT2D eigenvalue weighted by molar-refractivity contribution is -0.134. The van der Waals surface area contributed by atoms with Crippen LogP contribution in [-0.2, 0) is 30.2 Å². The summed E-state index contributed by atoms with van der Waals surface area (Å²) in [6.45, 7) is 16.8. The minimum Gasteiger partial charge on any atom is -0.394 e. The molecule has 4 aromatic rings. The Balaban J connectivity index is 0.790. The maximum absolute atomic E-state index is 14.0. The Labute approximate surface area is 472 Å². The largest absolute Gasteiger partial charge is 0.394 e. The van der Waals surface area contributed by atoms with E-state index in [2.05, 4.69) is 51.3 Å². The molecule has 3 aliphatic rings. The molecule has 1 aliphatic carbocycles. The fourth-order valence-electron chi connectivity index (χ4n) is 10.2. The number of pyridine rings is 1. The number of aliphatic hydroxyl groups is 1. The molecule has 6 amide bonds. The number of aromatic nitrogens is 1. The minimum atomic E-state index is -0.388. The Bertz CT molecular complexity index is 2620. The fraction of sp³-hybridized carbons (Fsp3) is 0.533. The van der Waals surface area contributed by atoms with Gasteiger partial charge in [0.15, 0.2) is 0 Å². The zero-order valence-electron chi connectivity index (χ0n) is 47.5. The Kier molecular flexibility index (Phi) is 24.5. The van der Waals surface area contributed by atoms with Crippen LogP contribution in [0.5, 0.6) is 0 Å². The molecule has 1 aromatic heterocycles. The maximum Gasteiger partial charge on any atom is 0.319 e. The molecule has 434 valence electrons. The molecule has 1 atom stereocenters. The molecule has 2 aliphatic heterocycles. The average molecular weight is 1110 g/mol. The number of anilines is 2. The first-order valence-corrected chi connectivity index (χ1v) is 28.5. The smallest absolute Gasteiger partial charge is 0.319 e. The highest BCUT2D eigenvalue weighted by molar-refractivity contribution is 6.08. The highest BCUT2D eigenvalue weighted by atomic mass is 16.5. The minimum absolute atomic E-state index is 0.0244. The molecule has 3 heterocycles. The molecule has 0 radical (unpaired) electrons. The van der Waals surface area contributed by atoms with Gasteiger partial charge in [-0.2, -0.15) is 0 Å². The SMILES string of the molecule is CCN(CC)c1ccc(NC(=O)c2cccc(C(=O)N(C)CCN3CCN(C(=O)N(C)CCOCCOCCOCCC(=O)N4CCN(CCOCCO)CC4)CC3)c2)c(-c2cc(C(=O)N[C@H]3CCCc4ccccc43)ccn2)c1. The van der Waals surface area contributed by atoms with E-state index in [-0.39, 0.29) is 42.3 Å². The molecule has 0 saturated carbocycles. The number of likely N-dealkylation sites (N-methyl/N-ethyl adjacent to an activating group) is 2. The molecule has 3 N–H and O–H groups in total. The normalized spacial score (nSPS) is 15.7. The lowest BCUT2D eigenvalue weighted by Crippen LogP contribution is -2.53. The van der Waals surface area contributed by atoms with Crippen molar-refractivity contribution in [1.29, 1.82) is 0 Å². The predicted molar refractivity (Wildman–Crippen MR) is 308 cm³/mol. The third-order valence-corrected chi connectivity index (χ3v) is 15.1. The van der Waals surface area contributed by atoms with Crippen molar-refractivity contribution in [1.82, 2.24) is 39.7 Å². The number of amides is 6. The van der Waals surface area contributed by atoms with Crippen molar-refractivity contribution in [2.75, 3.05) is 175 Å². The molecule has 0 spiro atoms. The maximum atomic E-state index is 14.0. The lowest BCUT2D eigenvalue weighted by atomic mass is 9.87. The number of benzene rings is 3. The van der Waals surface area contributed by atoms with E-state index < -0.39 is 0 Å². The van der Waals surface area contributed by atoms with E-state index >= 15 is 0 Å². The average Bonchev–Trinajstić information content (AvgIpc) is 3.53. The molecule has 2 fully saturated rings. The predicted octanol–water partition coefficient (Wildman–Crippen LogP) is 4.99. The van der Waals surface area contributed by atoms with Crippen molar-refractivity contribution >= 4 is 41.0 Å². The van der Waals surface area contributed by atoms with Crippen LogP contribution < -0.4 is 15.5 Å². The van der Waals surface area contributed by atoms with Gasteiger partial charge in [-0.1, -0.05) is 30.3 Å². The van der Waals surface area contributed by atoms with Crippen LogP contribution in [0.4, 0.5) is 16.2 Å². The summed E-state index contributed by atoms with van der Waals surface area (Å²) in [5, 5.41) is 15.2. The standard InChI is InChI=1S/C60H84N10O10/c1-5-68(6-2)50-17-18-54(52(45-50)55-44-48(19-21-61-55)58(74)62-53-16-10-12-46-11-7-8-15-51(46)53)63-57(73)47-13-9-14-49(43-47)59(75)64(3)22-23-66-26-30-70(31-27-66)60(76)65(4)32-36-79-40-42-80-41-39-77-35-20-56(72)69-28-24-67(25-29-69)33-37-78-38-34-71/h7-9,11,13-15,17-19,21,43-45,53,71H,5-6,10,12,16,20,22-42H2,1-4H3,(H,62,74)(H,63,73)/t53-/m0/s1. The van der Waals surface area contributed by atoms with Gasteiger partial charge in [0, 0.05) is 140 Å². The third kappa shape index (κ3) is 18.0. The van der Waals surface area contributed by atoms with E-state index in [9.17, 15) is 24.0 Å². The number of nitrogens with zero attached hydrogens (tertiary/aromatic N) is 8. The Hall–Kier alpha value is -6.52. The highest BCUT2D eigenvalue weighted by Crippen LogP contribution is 2.33. The zero-order valence-corrected chi connectivity index (χ0v) is 47.5. The number of nitrogens with one attached hydrogen (secondary N) is 2. The first-order chi connectivity index (χ1) is 39.0. The first kappa shape index (κ1) is 61.1. The summed E-state index contributed by atoms with van der Waals surface area (Å²) in [5.41, 5.74) is 6.29. The topological polar surface area (TPSA) is 202 Å². The number of rotatable bonds is 29. The number of carbonyl (C=O) groups is 5. The van der Waals surface area contributed by atoms with Crippen LogP contribution in [-0.4, -0.2) is 234 Å². The second kappa shape index (κ2) is 32.1. The fourth-order valence-corrected chi connectivity index (χ4v) is 10.2. The van der Waals surface area contributed by atoms with E-state index in [0.29, 0.717) is 152 Å². The molecule has 0 unspecified atom stereocenters. The van der Waals surface area contributed by atoms with E-state index in [4.69, 9.17) is 29.0 Å². The summed E-state index contributed by atoms with van der Waals surface area (Å²) in [6.07, 6.45) is 4.83. The second-order valence-electron chi connectivity index (χ2n) is 20.4. The number of hydrogen-bond acceptors (Lipinski definition) is 14. The Morgan fingerprint density at radius 3 is 2.05 bits per heavy atom. The van der Waals surface area contributed by atoms with Gasteiger partial charge in [-0.15, -0.1) is 0 Å². The van der Waals surface area contributed by atoms with Crippen LogP contribution >= 0.6 is 0 Å². The monoisotopic (exact) mass is 1100 g/mol. The van der Waals surface area contributed by atoms with Gasteiger partial charge in [0.2, 0.25) is 5.91 Å². The number of carbonyl (C=O) groups excluding carboxylic acids is 5. The van der Waals surface area contributed by atoms with E-state index in [0.717, 1.165) is 63.2 Å². The van der Waals surface area contributed by atoms with Gasteiger partial charge >= 0.3 is 6.03 Å². The van der Waals surface area contributed by atoms with Crippen molar-refractivity contribution in [2.24, 2.45) is 0 Å². The van der Waals surface area contributed by atoms with Crippen molar-refractivity contribution < 1.29 is 48.0 Å². The summed E-state index contributed by atoms with van der Waals surface area (Å²) >= 11 is 0. The molecule has 7 rings (SSSR count). The molecular weight excluding hydrogens is 1020 g/mol.